The molecule has 3 aromatic carbocycles. The second-order valence-corrected chi connectivity index (χ2v) is 6.21. The Morgan fingerprint density at radius 3 is 2.59 bits per heavy atom. The number of rotatable bonds is 6. The third kappa shape index (κ3) is 5.33. The van der Waals surface area contributed by atoms with Crippen molar-refractivity contribution >= 4 is 29.4 Å². The monoisotopic (exact) mass is 379 g/mol. The van der Waals surface area contributed by atoms with Crippen LogP contribution in [0.2, 0.25) is 5.02 Å². The fraction of sp³-hybridized carbons (Fsp3) is 0.0476. The number of ether oxygens (including phenoxy) is 1. The number of hydrazone groups is 1. The number of carbonyl (C=O) groups is 1. The number of nitrogens with two attached hydrogens (primary N) is 1. The van der Waals surface area contributed by atoms with E-state index in [0.29, 0.717) is 22.9 Å². The van der Waals surface area contributed by atoms with Gasteiger partial charge in [0.1, 0.15) is 12.4 Å². The van der Waals surface area contributed by atoms with Gasteiger partial charge in [0.05, 0.1) is 11.8 Å². The van der Waals surface area contributed by atoms with Crippen LogP contribution in [0.25, 0.3) is 0 Å². The summed E-state index contributed by atoms with van der Waals surface area (Å²) >= 11 is 5.96. The van der Waals surface area contributed by atoms with E-state index in [2.05, 4.69) is 10.5 Å². The lowest BCUT2D eigenvalue weighted by atomic mass is 10.2. The van der Waals surface area contributed by atoms with Crippen LogP contribution in [0.3, 0.4) is 0 Å². The molecule has 6 heteroatoms. The Hall–Kier alpha value is -3.31. The quantitative estimate of drug-likeness (QED) is 0.381. The van der Waals surface area contributed by atoms with Gasteiger partial charge in [0.2, 0.25) is 0 Å². The minimum atomic E-state index is -0.356. The molecule has 5 nitrogen and oxygen atoms in total. The predicted octanol–water partition coefficient (Wildman–Crippen LogP) is 4.27. The Morgan fingerprint density at radius 1 is 1.07 bits per heavy atom. The van der Waals surface area contributed by atoms with Gasteiger partial charge < -0.3 is 10.5 Å². The lowest BCUT2D eigenvalue weighted by Gasteiger charge is -2.07. The number of nitrogens with one attached hydrogen (secondary N) is 1. The van der Waals surface area contributed by atoms with Gasteiger partial charge in [-0.05, 0) is 59.7 Å². The SMILES string of the molecule is Nc1ccccc1C(=O)N/N=C/c1ccc(OCc2cccc(Cl)c2)cc1. The van der Waals surface area contributed by atoms with Gasteiger partial charge in [-0.25, -0.2) is 5.43 Å². The Bertz CT molecular complexity index is 956. The van der Waals surface area contributed by atoms with Crippen LogP contribution in [0, 0.1) is 0 Å². The van der Waals surface area contributed by atoms with Crippen LogP contribution in [0.1, 0.15) is 21.5 Å². The summed E-state index contributed by atoms with van der Waals surface area (Å²) in [6.45, 7) is 0.433. The molecule has 136 valence electrons. The number of benzene rings is 3. The normalized spacial score (nSPS) is 10.7. The van der Waals surface area contributed by atoms with Crippen LogP contribution in [0.15, 0.2) is 77.9 Å². The average Bonchev–Trinajstić information content (AvgIpc) is 2.68. The molecule has 27 heavy (non-hydrogen) atoms. The number of hydrogen-bond acceptors (Lipinski definition) is 4. The third-order valence-corrected chi connectivity index (χ3v) is 3.99. The average molecular weight is 380 g/mol. The number of carbonyl (C=O) groups excluding carboxylic acids is 1. The fourth-order valence-corrected chi connectivity index (χ4v) is 2.59. The van der Waals surface area contributed by atoms with Crippen LogP contribution >= 0.6 is 11.6 Å². The van der Waals surface area contributed by atoms with Crippen LogP contribution in [-0.4, -0.2) is 12.1 Å². The summed E-state index contributed by atoms with van der Waals surface area (Å²) in [6, 6.07) is 21.7. The van der Waals surface area contributed by atoms with Crippen molar-refractivity contribution in [2.24, 2.45) is 5.10 Å². The van der Waals surface area contributed by atoms with Gasteiger partial charge in [0.15, 0.2) is 0 Å². The first-order valence-corrected chi connectivity index (χ1v) is 8.65. The lowest BCUT2D eigenvalue weighted by Crippen LogP contribution is -2.18. The largest absolute Gasteiger partial charge is 0.489 e. The van der Waals surface area contributed by atoms with Crippen molar-refractivity contribution in [3.63, 3.8) is 0 Å². The van der Waals surface area contributed by atoms with Crippen molar-refractivity contribution in [3.8, 4) is 5.75 Å². The standard InChI is InChI=1S/C21H18ClN3O2/c22-17-5-3-4-16(12-17)14-27-18-10-8-15(9-11-18)13-24-25-21(26)19-6-1-2-7-20(19)23/h1-13H,14,23H2,(H,25,26)/b24-13+. The minimum absolute atomic E-state index is 0.356. The first-order chi connectivity index (χ1) is 13.1. The molecule has 1 amide bonds. The highest BCUT2D eigenvalue weighted by atomic mass is 35.5. The molecule has 0 aliphatic heterocycles. The topological polar surface area (TPSA) is 76.7 Å². The van der Waals surface area contributed by atoms with E-state index in [1.165, 1.54) is 0 Å². The van der Waals surface area contributed by atoms with Crippen LogP contribution < -0.4 is 15.9 Å². The van der Waals surface area contributed by atoms with Crippen molar-refractivity contribution in [3.05, 3.63) is 94.5 Å². The molecule has 0 atom stereocenters. The predicted molar refractivity (Wildman–Crippen MR) is 108 cm³/mol. The number of nitrogens with zero attached hydrogens (tertiary/aromatic N) is 1. The van der Waals surface area contributed by atoms with Gasteiger partial charge in [-0.1, -0.05) is 35.9 Å². The van der Waals surface area contributed by atoms with Crippen molar-refractivity contribution in [2.75, 3.05) is 5.73 Å². The number of nitrogen functional groups attached to an aromatic ring is 1. The highest BCUT2D eigenvalue weighted by molar-refractivity contribution is 6.30. The first kappa shape index (κ1) is 18.5. The molecular weight excluding hydrogens is 362 g/mol. The van der Waals surface area contributed by atoms with E-state index in [1.807, 2.05) is 48.5 Å². The summed E-state index contributed by atoms with van der Waals surface area (Å²) in [5.74, 6) is 0.374. The molecule has 0 radical (unpaired) electrons. The van der Waals surface area contributed by atoms with E-state index in [-0.39, 0.29) is 5.91 Å². The third-order valence-electron chi connectivity index (χ3n) is 3.76. The molecule has 0 saturated carbocycles. The van der Waals surface area contributed by atoms with Crippen molar-refractivity contribution < 1.29 is 9.53 Å². The number of hydrogen-bond donors (Lipinski definition) is 2. The van der Waals surface area contributed by atoms with Gasteiger partial charge in [0, 0.05) is 10.7 Å². The molecule has 3 N–H and O–H groups in total. The summed E-state index contributed by atoms with van der Waals surface area (Å²) in [5.41, 5.74) is 10.8. The van der Waals surface area contributed by atoms with Gasteiger partial charge in [-0.2, -0.15) is 5.10 Å². The molecule has 0 aromatic heterocycles. The summed E-state index contributed by atoms with van der Waals surface area (Å²) < 4.78 is 5.73. The highest BCUT2D eigenvalue weighted by Crippen LogP contribution is 2.16. The summed E-state index contributed by atoms with van der Waals surface area (Å²) in [7, 11) is 0. The number of anilines is 1. The Morgan fingerprint density at radius 2 is 1.85 bits per heavy atom. The van der Waals surface area contributed by atoms with Crippen molar-refractivity contribution in [2.45, 2.75) is 6.61 Å². The molecule has 0 fully saturated rings. The molecule has 0 spiro atoms. The van der Waals surface area contributed by atoms with Gasteiger partial charge in [0.25, 0.3) is 5.91 Å². The van der Waals surface area contributed by atoms with E-state index < -0.39 is 0 Å². The minimum Gasteiger partial charge on any atom is -0.489 e. The lowest BCUT2D eigenvalue weighted by molar-refractivity contribution is 0.0956. The first-order valence-electron chi connectivity index (χ1n) is 8.27. The number of para-hydroxylation sites is 1. The number of amides is 1. The summed E-state index contributed by atoms with van der Waals surface area (Å²) in [6.07, 6.45) is 1.55. The van der Waals surface area contributed by atoms with E-state index in [0.717, 1.165) is 16.9 Å². The maximum absolute atomic E-state index is 12.0. The molecule has 3 rings (SSSR count). The van der Waals surface area contributed by atoms with E-state index in [9.17, 15) is 4.79 Å². The zero-order valence-corrected chi connectivity index (χ0v) is 15.2. The van der Waals surface area contributed by atoms with Gasteiger partial charge in [-0.3, -0.25) is 4.79 Å². The molecular formula is C21H18ClN3O2. The molecule has 0 saturated heterocycles. The van der Waals surface area contributed by atoms with E-state index in [4.69, 9.17) is 22.1 Å². The molecule has 0 bridgehead atoms. The van der Waals surface area contributed by atoms with E-state index in [1.54, 1.807) is 30.5 Å². The van der Waals surface area contributed by atoms with E-state index >= 15 is 0 Å². The maximum Gasteiger partial charge on any atom is 0.273 e. The molecule has 0 aliphatic carbocycles. The summed E-state index contributed by atoms with van der Waals surface area (Å²) in [4.78, 5) is 12.0. The van der Waals surface area contributed by atoms with Gasteiger partial charge >= 0.3 is 0 Å². The maximum atomic E-state index is 12.0. The fourth-order valence-electron chi connectivity index (χ4n) is 2.37. The van der Waals surface area contributed by atoms with Crippen LogP contribution in [0.4, 0.5) is 5.69 Å². The Kier molecular flexibility index (Phi) is 6.07. The van der Waals surface area contributed by atoms with Crippen LogP contribution in [-0.2, 0) is 6.61 Å². The second kappa shape index (κ2) is 8.87. The molecule has 3 aromatic rings. The molecule has 0 unspecified atom stereocenters. The second-order valence-electron chi connectivity index (χ2n) is 5.77. The highest BCUT2D eigenvalue weighted by Gasteiger charge is 2.06. The molecule has 0 heterocycles. The number of halogens is 1. The molecule has 0 aliphatic rings. The van der Waals surface area contributed by atoms with Crippen molar-refractivity contribution in [1.29, 1.82) is 0 Å². The Balaban J connectivity index is 1.53. The zero-order valence-electron chi connectivity index (χ0n) is 14.4. The zero-order chi connectivity index (χ0) is 19.1. The smallest absolute Gasteiger partial charge is 0.273 e. The Labute approximate surface area is 162 Å². The van der Waals surface area contributed by atoms with Crippen LogP contribution in [0.5, 0.6) is 5.75 Å². The van der Waals surface area contributed by atoms with Gasteiger partial charge in [-0.15, -0.1) is 0 Å². The summed E-state index contributed by atoms with van der Waals surface area (Å²) in [5, 5.41) is 4.64. The van der Waals surface area contributed by atoms with Crippen molar-refractivity contribution in [1.82, 2.24) is 5.43 Å².